The summed E-state index contributed by atoms with van der Waals surface area (Å²) >= 11 is 0. The van der Waals surface area contributed by atoms with Crippen molar-refractivity contribution in [3.8, 4) is 0 Å². The van der Waals surface area contributed by atoms with Crippen molar-refractivity contribution in [3.05, 3.63) is 120 Å². The van der Waals surface area contributed by atoms with Gasteiger partial charge in [0.25, 0.3) is 0 Å². The van der Waals surface area contributed by atoms with E-state index in [-0.39, 0.29) is 12.4 Å². The van der Waals surface area contributed by atoms with Gasteiger partial charge in [-0.25, -0.2) is 0 Å². The van der Waals surface area contributed by atoms with Crippen molar-refractivity contribution in [1.29, 1.82) is 0 Å². The number of Topliss-reactive ketones (excluding diaryl/α,β-unsaturated/α-hetero) is 1. The Balaban J connectivity index is 1.68. The van der Waals surface area contributed by atoms with Gasteiger partial charge in [-0.05, 0) is 28.0 Å². The van der Waals surface area contributed by atoms with Gasteiger partial charge < -0.3 is 4.74 Å². The molecule has 0 bridgehead atoms. The second-order valence-electron chi connectivity index (χ2n) is 6.86. The van der Waals surface area contributed by atoms with Crippen molar-refractivity contribution in [2.45, 2.75) is 12.5 Å². The van der Waals surface area contributed by atoms with Gasteiger partial charge in [-0.1, -0.05) is 97.1 Å². The number of esters is 1. The molecule has 4 aromatic carbocycles. The fraction of sp³-hybridized carbons (Fsp3) is 0.0769. The molecule has 3 heteroatoms. The second-order valence-corrected chi connectivity index (χ2v) is 6.86. The SMILES string of the molecule is O=C(OCc1ccccc1)[C@@H](C(=O)c1ccccc1)c1ccc2ccccc2c1. The maximum Gasteiger partial charge on any atom is 0.321 e. The van der Waals surface area contributed by atoms with Crippen LogP contribution in [0.3, 0.4) is 0 Å². The standard InChI is InChI=1S/C26H20O3/c27-25(21-12-5-2-6-13-21)24(26(28)29-18-19-9-3-1-4-10-19)23-16-15-20-11-7-8-14-22(20)17-23/h1-17,24H,18H2/t24-/m1/s1. The number of rotatable bonds is 6. The van der Waals surface area contributed by atoms with Gasteiger partial charge in [0, 0.05) is 5.56 Å². The van der Waals surface area contributed by atoms with Gasteiger partial charge in [-0.15, -0.1) is 0 Å². The first kappa shape index (κ1) is 18.6. The molecule has 0 amide bonds. The summed E-state index contributed by atoms with van der Waals surface area (Å²) in [5.74, 6) is -1.82. The van der Waals surface area contributed by atoms with E-state index in [0.29, 0.717) is 11.1 Å². The number of benzene rings is 4. The molecule has 0 radical (unpaired) electrons. The number of ether oxygens (including phenoxy) is 1. The summed E-state index contributed by atoms with van der Waals surface area (Å²) in [6, 6.07) is 31.9. The summed E-state index contributed by atoms with van der Waals surface area (Å²) in [5, 5.41) is 2.03. The lowest BCUT2D eigenvalue weighted by molar-refractivity contribution is -0.145. The lowest BCUT2D eigenvalue weighted by Gasteiger charge is -2.16. The molecule has 4 aromatic rings. The van der Waals surface area contributed by atoms with Crippen LogP contribution in [0.2, 0.25) is 0 Å². The van der Waals surface area contributed by atoms with Crippen LogP contribution in [0, 0.1) is 0 Å². The molecule has 0 N–H and O–H groups in total. The van der Waals surface area contributed by atoms with Crippen LogP contribution in [0.4, 0.5) is 0 Å². The first-order valence-electron chi connectivity index (χ1n) is 9.51. The van der Waals surface area contributed by atoms with Gasteiger partial charge in [-0.2, -0.15) is 0 Å². The third-order valence-corrected chi connectivity index (χ3v) is 4.89. The summed E-state index contributed by atoms with van der Waals surface area (Å²) in [4.78, 5) is 26.3. The molecular weight excluding hydrogens is 360 g/mol. The van der Waals surface area contributed by atoms with E-state index in [1.165, 1.54) is 0 Å². The smallest absolute Gasteiger partial charge is 0.321 e. The number of carbonyl (C=O) groups is 2. The molecular formula is C26H20O3. The fourth-order valence-electron chi connectivity index (χ4n) is 3.36. The Kier molecular flexibility index (Phi) is 5.48. The largest absolute Gasteiger partial charge is 0.460 e. The van der Waals surface area contributed by atoms with E-state index in [0.717, 1.165) is 16.3 Å². The van der Waals surface area contributed by atoms with E-state index in [1.807, 2.05) is 78.9 Å². The Bertz CT molecular complexity index is 1130. The van der Waals surface area contributed by atoms with E-state index in [4.69, 9.17) is 4.74 Å². The van der Waals surface area contributed by atoms with Gasteiger partial charge in [0.2, 0.25) is 0 Å². The highest BCUT2D eigenvalue weighted by Gasteiger charge is 2.31. The van der Waals surface area contributed by atoms with Crippen LogP contribution < -0.4 is 0 Å². The molecule has 0 spiro atoms. The van der Waals surface area contributed by atoms with Crippen LogP contribution in [0.1, 0.15) is 27.4 Å². The lowest BCUT2D eigenvalue weighted by Crippen LogP contribution is -2.24. The Morgan fingerprint density at radius 2 is 1.31 bits per heavy atom. The molecule has 3 nitrogen and oxygen atoms in total. The first-order chi connectivity index (χ1) is 14.2. The Morgan fingerprint density at radius 1 is 0.690 bits per heavy atom. The second kappa shape index (κ2) is 8.53. The van der Waals surface area contributed by atoms with Crippen molar-refractivity contribution in [3.63, 3.8) is 0 Å². The minimum absolute atomic E-state index is 0.131. The van der Waals surface area contributed by atoms with E-state index in [1.54, 1.807) is 24.3 Å². The molecule has 0 unspecified atom stereocenters. The predicted octanol–water partition coefficient (Wildman–Crippen LogP) is 5.55. The Hall–Kier alpha value is -3.72. The molecule has 0 aliphatic heterocycles. The van der Waals surface area contributed by atoms with E-state index < -0.39 is 11.9 Å². The van der Waals surface area contributed by atoms with Gasteiger partial charge >= 0.3 is 5.97 Å². The average Bonchev–Trinajstić information content (AvgIpc) is 2.79. The number of hydrogen-bond donors (Lipinski definition) is 0. The third kappa shape index (κ3) is 4.25. The molecule has 29 heavy (non-hydrogen) atoms. The summed E-state index contributed by atoms with van der Waals surface area (Å²) in [5.41, 5.74) is 2.00. The van der Waals surface area contributed by atoms with Crippen molar-refractivity contribution in [2.24, 2.45) is 0 Å². The van der Waals surface area contributed by atoms with Crippen LogP contribution in [0.15, 0.2) is 103 Å². The van der Waals surface area contributed by atoms with Crippen LogP contribution >= 0.6 is 0 Å². The zero-order chi connectivity index (χ0) is 20.1. The third-order valence-electron chi connectivity index (χ3n) is 4.89. The minimum atomic E-state index is -1.01. The maximum absolute atomic E-state index is 13.2. The zero-order valence-corrected chi connectivity index (χ0v) is 15.8. The summed E-state index contributed by atoms with van der Waals surface area (Å²) < 4.78 is 5.54. The van der Waals surface area contributed by atoms with E-state index >= 15 is 0 Å². The molecule has 0 heterocycles. The van der Waals surface area contributed by atoms with Gasteiger partial charge in [0.05, 0.1) is 0 Å². The van der Waals surface area contributed by atoms with Crippen molar-refractivity contribution in [1.82, 2.24) is 0 Å². The van der Waals surface area contributed by atoms with Gasteiger partial charge in [-0.3, -0.25) is 9.59 Å². The van der Waals surface area contributed by atoms with Gasteiger partial charge in [0.1, 0.15) is 12.5 Å². The predicted molar refractivity (Wildman–Crippen MR) is 114 cm³/mol. The summed E-state index contributed by atoms with van der Waals surface area (Å²) in [6.07, 6.45) is 0. The summed E-state index contributed by atoms with van der Waals surface area (Å²) in [7, 11) is 0. The molecule has 4 rings (SSSR count). The number of fused-ring (bicyclic) bond motifs is 1. The lowest BCUT2D eigenvalue weighted by atomic mass is 9.89. The van der Waals surface area contributed by atoms with E-state index in [9.17, 15) is 9.59 Å². The quantitative estimate of drug-likeness (QED) is 0.250. The molecule has 0 saturated heterocycles. The first-order valence-corrected chi connectivity index (χ1v) is 9.51. The van der Waals surface area contributed by atoms with Gasteiger partial charge in [0.15, 0.2) is 5.78 Å². The molecule has 1 atom stereocenters. The fourth-order valence-corrected chi connectivity index (χ4v) is 3.36. The zero-order valence-electron chi connectivity index (χ0n) is 15.8. The molecule has 0 aromatic heterocycles. The monoisotopic (exact) mass is 380 g/mol. The average molecular weight is 380 g/mol. The highest BCUT2D eigenvalue weighted by atomic mass is 16.5. The highest BCUT2D eigenvalue weighted by Crippen LogP contribution is 2.27. The highest BCUT2D eigenvalue weighted by molar-refractivity contribution is 6.13. The molecule has 0 aliphatic carbocycles. The van der Waals surface area contributed by atoms with Crippen LogP contribution in [0.5, 0.6) is 0 Å². The molecule has 142 valence electrons. The van der Waals surface area contributed by atoms with Crippen molar-refractivity contribution >= 4 is 22.5 Å². The molecule has 0 fully saturated rings. The normalized spacial score (nSPS) is 11.7. The molecule has 0 aliphatic rings. The topological polar surface area (TPSA) is 43.4 Å². The van der Waals surface area contributed by atoms with Crippen LogP contribution in [-0.4, -0.2) is 11.8 Å². The van der Waals surface area contributed by atoms with Crippen molar-refractivity contribution < 1.29 is 14.3 Å². The molecule has 0 saturated carbocycles. The van der Waals surface area contributed by atoms with Crippen LogP contribution in [0.25, 0.3) is 10.8 Å². The van der Waals surface area contributed by atoms with Crippen LogP contribution in [-0.2, 0) is 16.1 Å². The maximum atomic E-state index is 13.2. The number of hydrogen-bond acceptors (Lipinski definition) is 3. The van der Waals surface area contributed by atoms with Crippen molar-refractivity contribution in [2.75, 3.05) is 0 Å². The number of ketones is 1. The van der Waals surface area contributed by atoms with E-state index in [2.05, 4.69) is 0 Å². The Morgan fingerprint density at radius 3 is 2.03 bits per heavy atom. The minimum Gasteiger partial charge on any atom is -0.460 e. The Labute approximate surface area is 169 Å². The summed E-state index contributed by atoms with van der Waals surface area (Å²) in [6.45, 7) is 0.131. The number of carbonyl (C=O) groups excluding carboxylic acids is 2.